The van der Waals surface area contributed by atoms with E-state index in [2.05, 4.69) is 14.6 Å². The maximum atomic E-state index is 13.6. The van der Waals surface area contributed by atoms with E-state index in [0.717, 1.165) is 4.68 Å². The van der Waals surface area contributed by atoms with Crippen molar-refractivity contribution in [2.75, 3.05) is 0 Å². The predicted octanol–water partition coefficient (Wildman–Crippen LogP) is 5.72. The van der Waals surface area contributed by atoms with Gasteiger partial charge in [0.1, 0.15) is 11.9 Å². The lowest BCUT2D eigenvalue weighted by Crippen LogP contribution is -2.25. The van der Waals surface area contributed by atoms with Gasteiger partial charge in [-0.3, -0.25) is 0 Å². The average Bonchev–Trinajstić information content (AvgIpc) is 3.30. The van der Waals surface area contributed by atoms with E-state index in [0.29, 0.717) is 29.8 Å². The predicted molar refractivity (Wildman–Crippen MR) is 108 cm³/mol. The lowest BCUT2D eigenvalue weighted by Gasteiger charge is -2.21. The summed E-state index contributed by atoms with van der Waals surface area (Å²) < 4.78 is 83.1. The second kappa shape index (κ2) is 7.86. The number of hydrogen-bond donors (Lipinski definition) is 1. The van der Waals surface area contributed by atoms with Crippen LogP contribution in [0.4, 0.5) is 22.0 Å². The summed E-state index contributed by atoms with van der Waals surface area (Å²) in [6, 6.07) is 10.5. The zero-order chi connectivity index (χ0) is 24.3. The number of ether oxygens (including phenoxy) is 3. The van der Waals surface area contributed by atoms with Crippen LogP contribution in [0.25, 0.3) is 5.69 Å². The first-order valence-corrected chi connectivity index (χ1v) is 10.6. The van der Waals surface area contributed by atoms with Gasteiger partial charge in [0.05, 0.1) is 17.5 Å². The highest BCUT2D eigenvalue weighted by atomic mass is 19.4. The van der Waals surface area contributed by atoms with E-state index in [1.54, 1.807) is 31.2 Å². The maximum Gasteiger partial charge on any atom is 0.586 e. The average molecular weight is 482 g/mol. The Hall–Kier alpha value is -3.34. The van der Waals surface area contributed by atoms with Gasteiger partial charge in [0.2, 0.25) is 0 Å². The first-order chi connectivity index (χ1) is 16.0. The number of alkyl halides is 5. The number of aromatic nitrogens is 2. The summed E-state index contributed by atoms with van der Waals surface area (Å²) in [5, 5.41) is 14.2. The molecule has 11 heteroatoms. The van der Waals surface area contributed by atoms with Gasteiger partial charge in [0.15, 0.2) is 17.2 Å². The van der Waals surface area contributed by atoms with Crippen LogP contribution < -0.4 is 14.2 Å². The molecule has 0 saturated carbocycles. The number of aliphatic hydroxyl groups excluding tert-OH is 1. The molecule has 1 aliphatic heterocycles. The molecule has 0 bridgehead atoms. The Kier molecular flexibility index (Phi) is 5.19. The molecule has 3 aromatic rings. The minimum atomic E-state index is -4.65. The van der Waals surface area contributed by atoms with Crippen molar-refractivity contribution in [2.45, 2.75) is 50.9 Å². The Morgan fingerprint density at radius 2 is 1.91 bits per heavy atom. The topological polar surface area (TPSA) is 65.7 Å². The number of nitrogens with zero attached hydrogens (tertiary/aromatic N) is 2. The van der Waals surface area contributed by atoms with Crippen molar-refractivity contribution in [3.63, 3.8) is 0 Å². The fourth-order valence-corrected chi connectivity index (χ4v) is 4.26. The van der Waals surface area contributed by atoms with E-state index < -0.39 is 30.4 Å². The van der Waals surface area contributed by atoms with Crippen molar-refractivity contribution in [1.82, 2.24) is 9.78 Å². The van der Waals surface area contributed by atoms with Crippen LogP contribution in [0.1, 0.15) is 54.5 Å². The standard InChI is InChI=1S/C23H19F5N2O4/c1-12(13-8-9-18-19(10-13)34-23(27,28)33-18)32-15-5-2-4-14(11-15)30-20-16(6-3-7-17(20)31)21(29-30)22(24,25)26/h2,4-5,8-12,17,31H,3,6-7H2,1H3. The monoisotopic (exact) mass is 482 g/mol. The van der Waals surface area contributed by atoms with Gasteiger partial charge in [-0.25, -0.2) is 4.68 Å². The first-order valence-electron chi connectivity index (χ1n) is 10.6. The van der Waals surface area contributed by atoms with Crippen molar-refractivity contribution >= 4 is 0 Å². The van der Waals surface area contributed by atoms with Gasteiger partial charge in [0.25, 0.3) is 0 Å². The number of halogens is 5. The van der Waals surface area contributed by atoms with Gasteiger partial charge in [-0.1, -0.05) is 12.1 Å². The maximum absolute atomic E-state index is 13.6. The second-order valence-corrected chi connectivity index (χ2v) is 8.16. The Balaban J connectivity index is 1.44. The number of aliphatic hydroxyl groups is 1. The quantitative estimate of drug-likeness (QED) is 0.482. The molecule has 2 heterocycles. The van der Waals surface area contributed by atoms with Gasteiger partial charge >= 0.3 is 12.5 Å². The van der Waals surface area contributed by atoms with Crippen LogP contribution in [0, 0.1) is 0 Å². The lowest BCUT2D eigenvalue weighted by molar-refractivity contribution is -0.286. The smallest absolute Gasteiger partial charge is 0.486 e. The van der Waals surface area contributed by atoms with Gasteiger partial charge in [-0.2, -0.15) is 18.3 Å². The number of fused-ring (bicyclic) bond motifs is 2. The molecule has 2 unspecified atom stereocenters. The Morgan fingerprint density at radius 1 is 1.15 bits per heavy atom. The summed E-state index contributed by atoms with van der Waals surface area (Å²) in [4.78, 5) is 0. The Bertz CT molecular complexity index is 1240. The van der Waals surface area contributed by atoms with Crippen LogP contribution >= 0.6 is 0 Å². The van der Waals surface area contributed by atoms with Crippen LogP contribution in [-0.2, 0) is 12.6 Å². The highest BCUT2D eigenvalue weighted by Crippen LogP contribution is 2.43. The molecule has 1 N–H and O–H groups in total. The molecule has 0 fully saturated rings. The molecular formula is C23H19F5N2O4. The van der Waals surface area contributed by atoms with Gasteiger partial charge in [-0.05, 0) is 56.0 Å². The summed E-state index contributed by atoms with van der Waals surface area (Å²) in [6.45, 7) is 1.68. The third kappa shape index (κ3) is 4.04. The van der Waals surface area contributed by atoms with Crippen LogP contribution in [-0.4, -0.2) is 21.2 Å². The molecule has 2 atom stereocenters. The summed E-state index contributed by atoms with van der Waals surface area (Å²) in [6.07, 6.45) is -9.11. The Morgan fingerprint density at radius 3 is 2.68 bits per heavy atom. The Labute approximate surface area is 190 Å². The number of rotatable bonds is 4. The zero-order valence-electron chi connectivity index (χ0n) is 17.8. The van der Waals surface area contributed by atoms with Crippen LogP contribution in [0.3, 0.4) is 0 Å². The normalized spacial score (nSPS) is 19.6. The van der Waals surface area contributed by atoms with E-state index in [9.17, 15) is 27.1 Å². The van der Waals surface area contributed by atoms with E-state index in [4.69, 9.17) is 4.74 Å². The van der Waals surface area contributed by atoms with Crippen molar-refractivity contribution < 1.29 is 41.3 Å². The van der Waals surface area contributed by atoms with Crippen molar-refractivity contribution in [2.24, 2.45) is 0 Å². The molecule has 6 nitrogen and oxygen atoms in total. The largest absolute Gasteiger partial charge is 0.586 e. The number of hydrogen-bond acceptors (Lipinski definition) is 5. The summed E-state index contributed by atoms with van der Waals surface area (Å²) in [5.41, 5.74) is -0.0545. The van der Waals surface area contributed by atoms with E-state index in [-0.39, 0.29) is 29.2 Å². The molecule has 34 heavy (non-hydrogen) atoms. The SMILES string of the molecule is CC(Oc1cccc(-n2nc(C(F)(F)F)c3c2C(O)CCC3)c1)c1ccc2c(c1)OC(F)(F)O2. The molecule has 1 aliphatic carbocycles. The zero-order valence-corrected chi connectivity index (χ0v) is 17.8. The molecule has 0 saturated heterocycles. The fraction of sp³-hybridized carbons (Fsp3) is 0.348. The molecule has 0 radical (unpaired) electrons. The molecule has 0 amide bonds. The van der Waals surface area contributed by atoms with Crippen molar-refractivity contribution in [3.8, 4) is 22.9 Å². The molecule has 0 spiro atoms. The van der Waals surface area contributed by atoms with Crippen molar-refractivity contribution in [1.29, 1.82) is 0 Å². The molecule has 2 aliphatic rings. The molecule has 1 aromatic heterocycles. The third-order valence-electron chi connectivity index (χ3n) is 5.78. The number of benzene rings is 2. The van der Waals surface area contributed by atoms with Crippen molar-refractivity contribution in [3.05, 3.63) is 65.0 Å². The molecule has 180 valence electrons. The van der Waals surface area contributed by atoms with Crippen LogP contribution in [0.15, 0.2) is 42.5 Å². The van der Waals surface area contributed by atoms with E-state index in [1.165, 1.54) is 18.2 Å². The molecule has 2 aromatic carbocycles. The first kappa shape index (κ1) is 22.5. The summed E-state index contributed by atoms with van der Waals surface area (Å²) in [7, 11) is 0. The summed E-state index contributed by atoms with van der Waals surface area (Å²) >= 11 is 0. The fourth-order valence-electron chi connectivity index (χ4n) is 4.26. The highest BCUT2D eigenvalue weighted by molar-refractivity contribution is 5.47. The van der Waals surface area contributed by atoms with Gasteiger partial charge < -0.3 is 19.3 Å². The lowest BCUT2D eigenvalue weighted by atomic mass is 9.93. The molecule has 5 rings (SSSR count). The minimum absolute atomic E-state index is 0.00287. The second-order valence-electron chi connectivity index (χ2n) is 8.16. The van der Waals surface area contributed by atoms with Crippen LogP contribution in [0.5, 0.6) is 17.2 Å². The van der Waals surface area contributed by atoms with Gasteiger partial charge in [-0.15, -0.1) is 8.78 Å². The van der Waals surface area contributed by atoms with E-state index >= 15 is 0 Å². The van der Waals surface area contributed by atoms with E-state index in [1.807, 2.05) is 0 Å². The third-order valence-corrected chi connectivity index (χ3v) is 5.78. The van der Waals surface area contributed by atoms with Crippen LogP contribution in [0.2, 0.25) is 0 Å². The summed E-state index contributed by atoms with van der Waals surface area (Å²) in [5.74, 6) is 0.102. The molecular weight excluding hydrogens is 463 g/mol. The highest BCUT2D eigenvalue weighted by Gasteiger charge is 2.44. The van der Waals surface area contributed by atoms with Gasteiger partial charge in [0, 0.05) is 11.6 Å². The minimum Gasteiger partial charge on any atom is -0.486 e.